The lowest BCUT2D eigenvalue weighted by atomic mass is 10.1. The van der Waals surface area contributed by atoms with E-state index in [0.29, 0.717) is 5.69 Å². The summed E-state index contributed by atoms with van der Waals surface area (Å²) in [4.78, 5) is 30.7. The third-order valence-corrected chi connectivity index (χ3v) is 2.45. The number of carboxylic acid groups (broad SMARTS) is 1. The van der Waals surface area contributed by atoms with Crippen molar-refractivity contribution >= 4 is 17.8 Å². The molecule has 110 valence electrons. The van der Waals surface area contributed by atoms with Gasteiger partial charge in [0.25, 0.3) is 0 Å². The zero-order chi connectivity index (χ0) is 15.5. The van der Waals surface area contributed by atoms with Gasteiger partial charge in [-0.15, -0.1) is 0 Å². The van der Waals surface area contributed by atoms with E-state index in [2.05, 4.69) is 20.6 Å². The Balaban J connectivity index is 2.76. The molecule has 1 amide bonds. The van der Waals surface area contributed by atoms with Gasteiger partial charge in [-0.2, -0.15) is 0 Å². The van der Waals surface area contributed by atoms with Gasteiger partial charge in [0.15, 0.2) is 0 Å². The number of aromatic carboxylic acids is 1. The van der Waals surface area contributed by atoms with Gasteiger partial charge < -0.3 is 15.7 Å². The van der Waals surface area contributed by atoms with E-state index in [-0.39, 0.29) is 23.0 Å². The molecule has 0 aliphatic rings. The monoisotopic (exact) mass is 280 g/mol. The highest BCUT2D eigenvalue weighted by atomic mass is 16.4. The Bertz CT molecular complexity index is 523. The molecule has 3 N–H and O–H groups in total. The van der Waals surface area contributed by atoms with Crippen molar-refractivity contribution in [1.29, 1.82) is 0 Å². The van der Waals surface area contributed by atoms with E-state index in [0.717, 1.165) is 0 Å². The highest BCUT2D eigenvalue weighted by Gasteiger charge is 2.20. The van der Waals surface area contributed by atoms with Crippen molar-refractivity contribution in [3.8, 4) is 0 Å². The Labute approximate surface area is 117 Å². The summed E-state index contributed by atoms with van der Waals surface area (Å²) in [5.74, 6) is -1.03. The maximum absolute atomic E-state index is 11.9. The molecule has 7 nitrogen and oxygen atoms in total. The molecule has 1 atom stereocenters. The Morgan fingerprint density at radius 2 is 1.95 bits per heavy atom. The number of hydrogen-bond acceptors (Lipinski definition) is 5. The van der Waals surface area contributed by atoms with Crippen LogP contribution < -0.4 is 10.6 Å². The van der Waals surface area contributed by atoms with Crippen LogP contribution in [0.25, 0.3) is 0 Å². The third-order valence-electron chi connectivity index (χ3n) is 2.45. The zero-order valence-electron chi connectivity index (χ0n) is 12.3. The number of anilines is 1. The highest BCUT2D eigenvalue weighted by molar-refractivity contribution is 5.88. The van der Waals surface area contributed by atoms with Crippen LogP contribution in [0.3, 0.4) is 0 Å². The topological polar surface area (TPSA) is 104 Å². The van der Waals surface area contributed by atoms with Gasteiger partial charge in [0, 0.05) is 11.7 Å². The minimum absolute atomic E-state index is 0.0438. The van der Waals surface area contributed by atoms with E-state index in [9.17, 15) is 9.59 Å². The minimum Gasteiger partial charge on any atom is -0.478 e. The second-order valence-electron chi connectivity index (χ2n) is 5.60. The summed E-state index contributed by atoms with van der Waals surface area (Å²) in [5, 5.41) is 14.6. The van der Waals surface area contributed by atoms with Gasteiger partial charge in [-0.3, -0.25) is 4.79 Å². The summed E-state index contributed by atoms with van der Waals surface area (Å²) in [5.41, 5.74) is 0.0671. The van der Waals surface area contributed by atoms with Crippen molar-refractivity contribution in [2.24, 2.45) is 0 Å². The molecular weight excluding hydrogens is 260 g/mol. The number of carbonyl (C=O) groups excluding carboxylic acids is 1. The molecule has 0 radical (unpaired) electrons. The number of aryl methyl sites for hydroxylation is 1. The maximum Gasteiger partial charge on any atom is 0.339 e. The number of rotatable bonds is 4. The summed E-state index contributed by atoms with van der Waals surface area (Å²) >= 11 is 0. The first-order valence-corrected chi connectivity index (χ1v) is 6.25. The zero-order valence-corrected chi connectivity index (χ0v) is 12.3. The molecule has 0 saturated heterocycles. The molecule has 1 unspecified atom stereocenters. The lowest BCUT2D eigenvalue weighted by molar-refractivity contribution is -0.122. The number of carbonyl (C=O) groups is 2. The summed E-state index contributed by atoms with van der Waals surface area (Å²) in [6.07, 6.45) is 1.22. The van der Waals surface area contributed by atoms with Crippen LogP contribution in [0, 0.1) is 6.92 Å². The SMILES string of the molecule is Cc1nc(NC(C)C(=O)NC(C)(C)C)ncc1C(=O)O. The predicted octanol–water partition coefficient (Wildman–Crippen LogP) is 1.20. The normalized spacial score (nSPS) is 12.7. The number of amides is 1. The van der Waals surface area contributed by atoms with Gasteiger partial charge in [-0.1, -0.05) is 0 Å². The largest absolute Gasteiger partial charge is 0.478 e. The van der Waals surface area contributed by atoms with E-state index >= 15 is 0 Å². The first-order chi connectivity index (χ1) is 9.10. The molecule has 0 saturated carbocycles. The van der Waals surface area contributed by atoms with Crippen LogP contribution >= 0.6 is 0 Å². The Hall–Kier alpha value is -2.18. The van der Waals surface area contributed by atoms with Crippen LogP contribution in [0.5, 0.6) is 0 Å². The number of aromatic nitrogens is 2. The van der Waals surface area contributed by atoms with E-state index < -0.39 is 12.0 Å². The summed E-state index contributed by atoms with van der Waals surface area (Å²) in [6, 6.07) is -0.524. The van der Waals surface area contributed by atoms with Crippen LogP contribution in [0.15, 0.2) is 6.20 Å². The Morgan fingerprint density at radius 1 is 1.35 bits per heavy atom. The lowest BCUT2D eigenvalue weighted by Crippen LogP contribution is -2.47. The highest BCUT2D eigenvalue weighted by Crippen LogP contribution is 2.08. The quantitative estimate of drug-likeness (QED) is 0.765. The molecule has 0 aliphatic carbocycles. The first kappa shape index (κ1) is 15.9. The predicted molar refractivity (Wildman–Crippen MR) is 74.7 cm³/mol. The van der Waals surface area contributed by atoms with Gasteiger partial charge in [0.05, 0.1) is 11.3 Å². The van der Waals surface area contributed by atoms with Crippen LogP contribution in [0.1, 0.15) is 43.7 Å². The van der Waals surface area contributed by atoms with Crippen LogP contribution in [-0.4, -0.2) is 38.5 Å². The molecule has 0 fully saturated rings. The van der Waals surface area contributed by atoms with E-state index in [1.807, 2.05) is 20.8 Å². The summed E-state index contributed by atoms with van der Waals surface area (Å²) < 4.78 is 0. The van der Waals surface area contributed by atoms with Crippen molar-refractivity contribution in [3.05, 3.63) is 17.5 Å². The van der Waals surface area contributed by atoms with E-state index in [1.165, 1.54) is 6.20 Å². The van der Waals surface area contributed by atoms with Crippen molar-refractivity contribution in [2.45, 2.75) is 46.2 Å². The third kappa shape index (κ3) is 4.49. The molecule has 0 aromatic carbocycles. The number of nitrogens with zero attached hydrogens (tertiary/aromatic N) is 2. The van der Waals surface area contributed by atoms with Crippen molar-refractivity contribution < 1.29 is 14.7 Å². The Kier molecular flexibility index (Phi) is 4.65. The molecule has 0 bridgehead atoms. The average Bonchev–Trinajstić information content (AvgIpc) is 2.26. The smallest absolute Gasteiger partial charge is 0.339 e. The Morgan fingerprint density at radius 3 is 2.40 bits per heavy atom. The molecule has 1 aromatic rings. The van der Waals surface area contributed by atoms with Gasteiger partial charge in [-0.05, 0) is 34.6 Å². The fraction of sp³-hybridized carbons (Fsp3) is 0.538. The van der Waals surface area contributed by atoms with Gasteiger partial charge in [-0.25, -0.2) is 14.8 Å². The van der Waals surface area contributed by atoms with Crippen LogP contribution in [-0.2, 0) is 4.79 Å². The van der Waals surface area contributed by atoms with Crippen LogP contribution in [0.4, 0.5) is 5.95 Å². The standard InChI is InChI=1S/C13H20N4O3/c1-7-9(11(19)20)6-14-12(15-7)16-8(2)10(18)17-13(3,4)5/h6,8H,1-5H3,(H,17,18)(H,19,20)(H,14,15,16). The summed E-state index contributed by atoms with van der Waals surface area (Å²) in [7, 11) is 0. The fourth-order valence-electron chi connectivity index (χ4n) is 1.48. The molecule has 1 heterocycles. The molecule has 20 heavy (non-hydrogen) atoms. The first-order valence-electron chi connectivity index (χ1n) is 6.25. The van der Waals surface area contributed by atoms with Crippen molar-refractivity contribution in [2.75, 3.05) is 5.32 Å². The minimum atomic E-state index is -1.08. The van der Waals surface area contributed by atoms with Gasteiger partial charge >= 0.3 is 5.97 Å². The summed E-state index contributed by atoms with van der Waals surface area (Å²) in [6.45, 7) is 8.93. The van der Waals surface area contributed by atoms with E-state index in [4.69, 9.17) is 5.11 Å². The molecule has 0 aliphatic heterocycles. The molecule has 0 spiro atoms. The lowest BCUT2D eigenvalue weighted by Gasteiger charge is -2.23. The second-order valence-corrected chi connectivity index (χ2v) is 5.60. The number of hydrogen-bond donors (Lipinski definition) is 3. The molecule has 1 rings (SSSR count). The van der Waals surface area contributed by atoms with Crippen LogP contribution in [0.2, 0.25) is 0 Å². The maximum atomic E-state index is 11.9. The van der Waals surface area contributed by atoms with Gasteiger partial charge in [0.2, 0.25) is 11.9 Å². The number of nitrogens with one attached hydrogen (secondary N) is 2. The molecular formula is C13H20N4O3. The molecule has 7 heteroatoms. The average molecular weight is 280 g/mol. The second kappa shape index (κ2) is 5.85. The van der Waals surface area contributed by atoms with Crippen molar-refractivity contribution in [3.63, 3.8) is 0 Å². The van der Waals surface area contributed by atoms with Crippen molar-refractivity contribution in [1.82, 2.24) is 15.3 Å². The van der Waals surface area contributed by atoms with E-state index in [1.54, 1.807) is 13.8 Å². The number of carboxylic acids is 1. The molecule has 1 aromatic heterocycles. The van der Waals surface area contributed by atoms with Gasteiger partial charge in [0.1, 0.15) is 6.04 Å². The fourth-order valence-corrected chi connectivity index (χ4v) is 1.48.